The Morgan fingerprint density at radius 3 is 2.40 bits per heavy atom. The lowest BCUT2D eigenvalue weighted by molar-refractivity contribution is 0.244. The highest BCUT2D eigenvalue weighted by molar-refractivity contribution is 7.89. The number of amides is 2. The molecular formula is C31H41N7O3S. The highest BCUT2D eigenvalue weighted by atomic mass is 32.2. The van der Waals surface area contributed by atoms with E-state index in [2.05, 4.69) is 21.3 Å². The van der Waals surface area contributed by atoms with Crippen molar-refractivity contribution in [1.29, 1.82) is 0 Å². The minimum absolute atomic E-state index is 0.0477. The number of hydrogen-bond donors (Lipinski definition) is 5. The van der Waals surface area contributed by atoms with E-state index in [1.807, 2.05) is 48.7 Å². The first-order valence-electron chi connectivity index (χ1n) is 15.0. The van der Waals surface area contributed by atoms with Crippen LogP contribution in [0.5, 0.6) is 0 Å². The molecule has 0 radical (unpaired) electrons. The maximum Gasteiger partial charge on any atom is 0.327 e. The van der Waals surface area contributed by atoms with Crippen molar-refractivity contribution in [2.75, 3.05) is 37.6 Å². The number of anilines is 1. The van der Waals surface area contributed by atoms with Gasteiger partial charge in [0.05, 0.1) is 10.6 Å². The number of hydrogen-bond acceptors (Lipinski definition) is 7. The molecule has 2 amide bonds. The summed E-state index contributed by atoms with van der Waals surface area (Å²) < 4.78 is 29.3. The summed E-state index contributed by atoms with van der Waals surface area (Å²) in [6, 6.07) is 14.9. The number of rotatable bonds is 12. The Balaban J connectivity index is 1.15. The summed E-state index contributed by atoms with van der Waals surface area (Å²) in [4.78, 5) is 14.9. The maximum atomic E-state index is 13.7. The van der Waals surface area contributed by atoms with E-state index in [4.69, 9.17) is 5.73 Å². The van der Waals surface area contributed by atoms with E-state index in [0.29, 0.717) is 23.9 Å². The second kappa shape index (κ2) is 12.6. The van der Waals surface area contributed by atoms with Crippen LogP contribution < -0.4 is 31.9 Å². The van der Waals surface area contributed by atoms with Gasteiger partial charge in [-0.15, -0.1) is 0 Å². The lowest BCUT2D eigenvalue weighted by atomic mass is 10.1. The highest BCUT2D eigenvalue weighted by Crippen LogP contribution is 2.34. The molecule has 1 saturated carbocycles. The molecule has 1 atom stereocenters. The summed E-state index contributed by atoms with van der Waals surface area (Å²) in [5.41, 5.74) is 10.1. The normalized spacial score (nSPS) is 21.0. The summed E-state index contributed by atoms with van der Waals surface area (Å²) in [5, 5.41) is 13.1. The molecule has 1 aliphatic carbocycles. The van der Waals surface area contributed by atoms with Crippen LogP contribution in [0.15, 0.2) is 71.3 Å². The van der Waals surface area contributed by atoms with Crippen molar-refractivity contribution in [2.45, 2.75) is 55.8 Å². The van der Waals surface area contributed by atoms with Gasteiger partial charge in [-0.2, -0.15) is 4.31 Å². The predicted octanol–water partition coefficient (Wildman–Crippen LogP) is 2.66. The van der Waals surface area contributed by atoms with Gasteiger partial charge in [0.25, 0.3) is 0 Å². The van der Waals surface area contributed by atoms with Crippen molar-refractivity contribution in [2.24, 2.45) is 11.7 Å². The molecule has 2 aromatic carbocycles. The molecular weight excluding hydrogens is 550 g/mol. The monoisotopic (exact) mass is 591 g/mol. The van der Waals surface area contributed by atoms with Crippen molar-refractivity contribution in [3.05, 3.63) is 77.5 Å². The summed E-state index contributed by atoms with van der Waals surface area (Å²) >= 11 is 0. The van der Waals surface area contributed by atoms with Crippen molar-refractivity contribution >= 4 is 27.4 Å². The maximum absolute atomic E-state index is 13.7. The van der Waals surface area contributed by atoms with E-state index in [1.165, 1.54) is 0 Å². The minimum atomic E-state index is -3.59. The van der Waals surface area contributed by atoms with Gasteiger partial charge in [0.1, 0.15) is 6.17 Å². The predicted molar refractivity (Wildman–Crippen MR) is 165 cm³/mol. The summed E-state index contributed by atoms with van der Waals surface area (Å²) in [6.07, 6.45) is 8.36. The molecule has 6 N–H and O–H groups in total. The third kappa shape index (κ3) is 6.40. The smallest absolute Gasteiger partial charge is 0.327 e. The average Bonchev–Trinajstić information content (AvgIpc) is 3.75. The van der Waals surface area contributed by atoms with Crippen LogP contribution >= 0.6 is 0 Å². The van der Waals surface area contributed by atoms with Crippen molar-refractivity contribution in [3.8, 4) is 0 Å². The van der Waals surface area contributed by atoms with Gasteiger partial charge in [0, 0.05) is 36.6 Å². The van der Waals surface area contributed by atoms with Crippen molar-refractivity contribution in [1.82, 2.24) is 25.6 Å². The van der Waals surface area contributed by atoms with Gasteiger partial charge in [0.15, 0.2) is 0 Å². The van der Waals surface area contributed by atoms with E-state index in [9.17, 15) is 13.2 Å². The Morgan fingerprint density at radius 2 is 1.71 bits per heavy atom. The van der Waals surface area contributed by atoms with E-state index < -0.39 is 10.0 Å². The summed E-state index contributed by atoms with van der Waals surface area (Å²) in [5.74, 6) is 0.481. The van der Waals surface area contributed by atoms with Gasteiger partial charge in [-0.3, -0.25) is 4.90 Å². The summed E-state index contributed by atoms with van der Waals surface area (Å²) in [6.45, 7) is 4.61. The molecule has 224 valence electrons. The average molecular weight is 592 g/mol. The van der Waals surface area contributed by atoms with Crippen molar-refractivity contribution in [3.63, 3.8) is 0 Å². The van der Waals surface area contributed by atoms with Crippen LogP contribution in [0.25, 0.3) is 5.70 Å². The fraction of sp³-hybridized carbons (Fsp3) is 0.452. The number of nitrogens with zero attached hydrogens (tertiary/aromatic N) is 2. The van der Waals surface area contributed by atoms with E-state index in [-0.39, 0.29) is 18.2 Å². The topological polar surface area (TPSA) is 132 Å². The van der Waals surface area contributed by atoms with Crippen LogP contribution in [0.4, 0.5) is 10.5 Å². The molecule has 0 aromatic heterocycles. The number of sulfonamides is 1. The van der Waals surface area contributed by atoms with Gasteiger partial charge in [-0.1, -0.05) is 24.3 Å². The van der Waals surface area contributed by atoms with Gasteiger partial charge in [-0.05, 0) is 106 Å². The molecule has 42 heavy (non-hydrogen) atoms. The number of fused-ring (bicyclic) bond motifs is 1. The highest BCUT2D eigenvalue weighted by Gasteiger charge is 2.37. The zero-order valence-corrected chi connectivity index (χ0v) is 24.7. The Hall–Kier alpha value is -3.22. The Bertz CT molecular complexity index is 1430. The molecule has 3 heterocycles. The van der Waals surface area contributed by atoms with Gasteiger partial charge in [0.2, 0.25) is 10.0 Å². The summed E-state index contributed by atoms with van der Waals surface area (Å²) in [7, 11) is -3.59. The molecule has 6 rings (SSSR count). The molecule has 4 aliphatic rings. The molecule has 3 aliphatic heterocycles. The Morgan fingerprint density at radius 1 is 0.976 bits per heavy atom. The largest absolute Gasteiger partial charge is 0.361 e. The van der Waals surface area contributed by atoms with E-state index in [0.717, 1.165) is 86.4 Å². The number of piperidine rings is 1. The zero-order valence-electron chi connectivity index (χ0n) is 23.9. The SMILES string of the molecule is NCCCNCc1ccc(N2C=C3C=C(c4ccc(S(=O)(=O)N(CC5CC5)C5CCNCC5)cc4)NC3NC2=O)cc1. The standard InChI is InChI=1S/C31H41N7O3S/c32-14-1-15-34-19-22-4-8-26(9-5-22)37-21-25-18-29(35-30(25)36-31(37)39)24-6-10-28(11-7-24)42(40,41)38(20-23-2-3-23)27-12-16-33-17-13-27/h4-11,18,21,23,27,30,33-35H,1-3,12-17,19-20,32H2,(H,36,39). The molecule has 1 saturated heterocycles. The minimum Gasteiger partial charge on any atom is -0.361 e. The number of nitrogens with one attached hydrogen (secondary N) is 4. The van der Waals surface area contributed by atoms with Crippen LogP contribution in [-0.4, -0.2) is 63.7 Å². The second-order valence-electron chi connectivity index (χ2n) is 11.6. The van der Waals surface area contributed by atoms with Crippen LogP contribution in [0.2, 0.25) is 0 Å². The van der Waals surface area contributed by atoms with Crippen LogP contribution in [-0.2, 0) is 16.6 Å². The van der Waals surface area contributed by atoms with Gasteiger partial charge in [-0.25, -0.2) is 13.2 Å². The molecule has 0 spiro atoms. The molecule has 2 aromatic rings. The molecule has 2 fully saturated rings. The van der Waals surface area contributed by atoms with Gasteiger partial charge < -0.3 is 27.0 Å². The van der Waals surface area contributed by atoms with E-state index in [1.54, 1.807) is 21.3 Å². The second-order valence-corrected chi connectivity index (χ2v) is 13.5. The first-order valence-corrected chi connectivity index (χ1v) is 16.5. The fourth-order valence-electron chi connectivity index (χ4n) is 5.79. The van der Waals surface area contributed by atoms with Crippen LogP contribution in [0.1, 0.15) is 43.2 Å². The zero-order chi connectivity index (χ0) is 29.1. The third-order valence-electron chi connectivity index (χ3n) is 8.43. The van der Waals surface area contributed by atoms with Crippen LogP contribution in [0.3, 0.4) is 0 Å². The van der Waals surface area contributed by atoms with Crippen molar-refractivity contribution < 1.29 is 13.2 Å². The van der Waals surface area contributed by atoms with Crippen LogP contribution in [0, 0.1) is 5.92 Å². The molecule has 0 bridgehead atoms. The lowest BCUT2D eigenvalue weighted by Crippen LogP contribution is -2.51. The molecule has 11 heteroatoms. The Kier molecular flexibility index (Phi) is 8.64. The number of carbonyl (C=O) groups is 1. The van der Waals surface area contributed by atoms with Gasteiger partial charge >= 0.3 is 6.03 Å². The first-order chi connectivity index (χ1) is 20.4. The number of benzene rings is 2. The Labute approximate surface area is 248 Å². The molecule has 10 nitrogen and oxygen atoms in total. The quantitative estimate of drug-likeness (QED) is 0.240. The molecule has 1 unspecified atom stereocenters. The number of urea groups is 1. The number of carbonyl (C=O) groups excluding carboxylic acids is 1. The lowest BCUT2D eigenvalue weighted by Gasteiger charge is -2.34. The van der Waals surface area contributed by atoms with E-state index >= 15 is 0 Å². The third-order valence-corrected chi connectivity index (χ3v) is 10.4. The number of nitrogens with two attached hydrogens (primary N) is 1. The fourth-order valence-corrected chi connectivity index (χ4v) is 7.55. The first kappa shape index (κ1) is 28.9.